The molecule has 1 nitrogen and oxygen atoms in total. The summed E-state index contributed by atoms with van der Waals surface area (Å²) in [5, 5.41) is 10.1. The van der Waals surface area contributed by atoms with E-state index in [0.717, 1.165) is 12.8 Å². The third-order valence-electron chi connectivity index (χ3n) is 2.71. The summed E-state index contributed by atoms with van der Waals surface area (Å²) in [7, 11) is 0. The molecule has 0 aliphatic rings. The van der Waals surface area contributed by atoms with Crippen LogP contribution < -0.4 is 0 Å². The third kappa shape index (κ3) is 5.64. The van der Waals surface area contributed by atoms with Crippen molar-refractivity contribution in [2.24, 2.45) is 23.7 Å². The zero-order valence-electron chi connectivity index (χ0n) is 10.7. The van der Waals surface area contributed by atoms with Crippen molar-refractivity contribution in [3.63, 3.8) is 0 Å². The second kappa shape index (κ2) is 6.44. The van der Waals surface area contributed by atoms with Crippen molar-refractivity contribution in [3.8, 4) is 0 Å². The molecule has 0 amide bonds. The van der Waals surface area contributed by atoms with Crippen LogP contribution in [0, 0.1) is 23.7 Å². The molecule has 0 bridgehead atoms. The number of hydrogen-bond acceptors (Lipinski definition) is 1. The summed E-state index contributed by atoms with van der Waals surface area (Å²) in [6.45, 7) is 13.2. The van der Waals surface area contributed by atoms with Crippen LogP contribution in [0.25, 0.3) is 0 Å². The van der Waals surface area contributed by atoms with E-state index in [-0.39, 0.29) is 6.10 Å². The lowest BCUT2D eigenvalue weighted by Gasteiger charge is -2.28. The van der Waals surface area contributed by atoms with Crippen LogP contribution in [0.3, 0.4) is 0 Å². The topological polar surface area (TPSA) is 20.2 Å². The largest absolute Gasteiger partial charge is 0.393 e. The van der Waals surface area contributed by atoms with Gasteiger partial charge in [0.1, 0.15) is 0 Å². The summed E-state index contributed by atoms with van der Waals surface area (Å²) in [4.78, 5) is 0. The highest BCUT2D eigenvalue weighted by Gasteiger charge is 2.23. The highest BCUT2D eigenvalue weighted by Crippen LogP contribution is 2.26. The van der Waals surface area contributed by atoms with Gasteiger partial charge in [-0.2, -0.15) is 0 Å². The molecular formula is C13H28O. The third-order valence-corrected chi connectivity index (χ3v) is 2.71. The molecule has 0 fully saturated rings. The summed E-state index contributed by atoms with van der Waals surface area (Å²) in [5.41, 5.74) is 0. The number of aliphatic hydroxyl groups is 1. The molecule has 0 saturated carbocycles. The first-order valence-electron chi connectivity index (χ1n) is 6.02. The molecule has 0 aliphatic carbocycles. The molecule has 0 aliphatic heterocycles. The molecule has 0 spiro atoms. The van der Waals surface area contributed by atoms with E-state index in [0.29, 0.717) is 23.7 Å². The van der Waals surface area contributed by atoms with E-state index < -0.39 is 0 Å². The lowest BCUT2D eigenvalue weighted by atomic mass is 9.81. The highest BCUT2D eigenvalue weighted by molar-refractivity contribution is 4.74. The van der Waals surface area contributed by atoms with E-state index in [1.54, 1.807) is 0 Å². The van der Waals surface area contributed by atoms with E-state index in [4.69, 9.17) is 0 Å². The van der Waals surface area contributed by atoms with E-state index in [9.17, 15) is 5.11 Å². The average Bonchev–Trinajstić information content (AvgIpc) is 1.99. The van der Waals surface area contributed by atoms with Crippen LogP contribution in [-0.4, -0.2) is 11.2 Å². The average molecular weight is 200 g/mol. The van der Waals surface area contributed by atoms with Gasteiger partial charge < -0.3 is 5.11 Å². The van der Waals surface area contributed by atoms with Gasteiger partial charge in [-0.15, -0.1) is 0 Å². The standard InChI is InChI=1S/C13H28O/c1-9(2)7-12(8-10(3)4)13(14)11(5)6/h9-14H,7-8H2,1-6H3. The minimum atomic E-state index is -0.125. The Morgan fingerprint density at radius 1 is 0.786 bits per heavy atom. The summed E-state index contributed by atoms with van der Waals surface area (Å²) in [6.07, 6.45) is 2.18. The second-order valence-electron chi connectivity index (χ2n) is 5.75. The van der Waals surface area contributed by atoms with Crippen LogP contribution in [0.2, 0.25) is 0 Å². The van der Waals surface area contributed by atoms with Crippen molar-refractivity contribution in [3.05, 3.63) is 0 Å². The summed E-state index contributed by atoms with van der Waals surface area (Å²) in [6, 6.07) is 0. The second-order valence-corrected chi connectivity index (χ2v) is 5.75. The van der Waals surface area contributed by atoms with E-state index in [2.05, 4.69) is 41.5 Å². The fraction of sp³-hybridized carbons (Fsp3) is 1.00. The molecule has 1 heteroatoms. The molecule has 1 atom stereocenters. The van der Waals surface area contributed by atoms with Crippen molar-refractivity contribution >= 4 is 0 Å². The van der Waals surface area contributed by atoms with Crippen LogP contribution in [0.4, 0.5) is 0 Å². The Kier molecular flexibility index (Phi) is 6.43. The molecule has 0 aromatic heterocycles. The molecule has 0 rings (SSSR count). The monoisotopic (exact) mass is 200 g/mol. The van der Waals surface area contributed by atoms with Crippen molar-refractivity contribution in [2.45, 2.75) is 60.5 Å². The first-order valence-corrected chi connectivity index (χ1v) is 6.02. The highest BCUT2D eigenvalue weighted by atomic mass is 16.3. The predicted molar refractivity (Wildman–Crippen MR) is 63.2 cm³/mol. The lowest BCUT2D eigenvalue weighted by molar-refractivity contribution is 0.0441. The van der Waals surface area contributed by atoms with Gasteiger partial charge in [0.25, 0.3) is 0 Å². The van der Waals surface area contributed by atoms with E-state index >= 15 is 0 Å². The Morgan fingerprint density at radius 3 is 1.36 bits per heavy atom. The summed E-state index contributed by atoms with van der Waals surface area (Å²) >= 11 is 0. The van der Waals surface area contributed by atoms with Crippen LogP contribution in [-0.2, 0) is 0 Å². The van der Waals surface area contributed by atoms with Gasteiger partial charge in [0, 0.05) is 0 Å². The summed E-state index contributed by atoms with van der Waals surface area (Å²) < 4.78 is 0. The zero-order valence-corrected chi connectivity index (χ0v) is 10.7. The van der Waals surface area contributed by atoms with E-state index in [1.807, 2.05) is 0 Å². The molecule has 0 heterocycles. The summed E-state index contributed by atoms with van der Waals surface area (Å²) in [5.74, 6) is 2.24. The van der Waals surface area contributed by atoms with Crippen molar-refractivity contribution in [2.75, 3.05) is 0 Å². The first kappa shape index (κ1) is 14.0. The van der Waals surface area contributed by atoms with Gasteiger partial charge in [0.05, 0.1) is 6.10 Å². The number of aliphatic hydroxyl groups excluding tert-OH is 1. The molecular weight excluding hydrogens is 172 g/mol. The van der Waals surface area contributed by atoms with Gasteiger partial charge in [0.2, 0.25) is 0 Å². The maximum atomic E-state index is 10.1. The van der Waals surface area contributed by atoms with Crippen LogP contribution in [0.5, 0.6) is 0 Å². The van der Waals surface area contributed by atoms with Crippen LogP contribution in [0.1, 0.15) is 54.4 Å². The smallest absolute Gasteiger partial charge is 0.0591 e. The Labute approximate surface area is 89.9 Å². The molecule has 0 radical (unpaired) electrons. The molecule has 1 N–H and O–H groups in total. The number of hydrogen-bond donors (Lipinski definition) is 1. The molecule has 14 heavy (non-hydrogen) atoms. The maximum absolute atomic E-state index is 10.1. The Balaban J connectivity index is 4.22. The molecule has 0 saturated heterocycles. The zero-order chi connectivity index (χ0) is 11.3. The number of rotatable bonds is 6. The molecule has 0 aromatic rings. The predicted octanol–water partition coefficient (Wildman–Crippen LogP) is 3.71. The fourth-order valence-corrected chi connectivity index (χ4v) is 2.13. The molecule has 86 valence electrons. The SMILES string of the molecule is CC(C)CC(CC(C)C)C(O)C(C)C. The Morgan fingerprint density at radius 2 is 1.14 bits per heavy atom. The van der Waals surface area contributed by atoms with Crippen molar-refractivity contribution < 1.29 is 5.11 Å². The van der Waals surface area contributed by atoms with Gasteiger partial charge in [-0.1, -0.05) is 41.5 Å². The minimum absolute atomic E-state index is 0.125. The van der Waals surface area contributed by atoms with Crippen LogP contribution >= 0.6 is 0 Å². The maximum Gasteiger partial charge on any atom is 0.0591 e. The lowest BCUT2D eigenvalue weighted by Crippen LogP contribution is -2.28. The van der Waals surface area contributed by atoms with Gasteiger partial charge in [-0.05, 0) is 36.5 Å². The van der Waals surface area contributed by atoms with Gasteiger partial charge in [-0.3, -0.25) is 0 Å². The van der Waals surface area contributed by atoms with Gasteiger partial charge in [0.15, 0.2) is 0 Å². The fourth-order valence-electron chi connectivity index (χ4n) is 2.13. The minimum Gasteiger partial charge on any atom is -0.393 e. The Bertz CT molecular complexity index is 128. The van der Waals surface area contributed by atoms with Gasteiger partial charge >= 0.3 is 0 Å². The van der Waals surface area contributed by atoms with Crippen molar-refractivity contribution in [1.82, 2.24) is 0 Å². The van der Waals surface area contributed by atoms with Crippen LogP contribution in [0.15, 0.2) is 0 Å². The normalized spacial score (nSPS) is 14.8. The van der Waals surface area contributed by atoms with E-state index in [1.165, 1.54) is 0 Å². The quantitative estimate of drug-likeness (QED) is 0.693. The Hall–Kier alpha value is -0.0400. The molecule has 1 unspecified atom stereocenters. The van der Waals surface area contributed by atoms with Crippen molar-refractivity contribution in [1.29, 1.82) is 0 Å². The first-order chi connectivity index (χ1) is 6.34. The molecule has 0 aromatic carbocycles. The van der Waals surface area contributed by atoms with Gasteiger partial charge in [-0.25, -0.2) is 0 Å².